The van der Waals surface area contributed by atoms with Crippen LogP contribution >= 0.6 is 0 Å². The number of hydrogen-bond acceptors (Lipinski definition) is 3. The summed E-state index contributed by atoms with van der Waals surface area (Å²) in [4.78, 5) is 23.2. The fourth-order valence-corrected chi connectivity index (χ4v) is 1.45. The predicted octanol–water partition coefficient (Wildman–Crippen LogP) is 0.615. The maximum atomic E-state index is 10.8. The van der Waals surface area contributed by atoms with E-state index < -0.39 is 11.9 Å². The lowest BCUT2D eigenvalue weighted by atomic mass is 10.1. The number of likely N-dealkylation sites (N-methyl/N-ethyl adjacent to an activating group) is 1. The minimum Gasteiger partial charge on any atom is -0.478 e. The Morgan fingerprint density at radius 2 is 2.06 bits per heavy atom. The van der Waals surface area contributed by atoms with Crippen LogP contribution in [0.2, 0.25) is 0 Å². The molecule has 1 aromatic carbocycles. The highest BCUT2D eigenvalue weighted by Crippen LogP contribution is 2.17. The highest BCUT2D eigenvalue weighted by Gasteiger charge is 2.09. The predicted molar refractivity (Wildman–Crippen MR) is 60.6 cm³/mol. The van der Waals surface area contributed by atoms with Crippen molar-refractivity contribution in [3.63, 3.8) is 0 Å². The van der Waals surface area contributed by atoms with E-state index in [1.165, 1.54) is 6.07 Å². The topological polar surface area (TPSA) is 83.6 Å². The van der Waals surface area contributed by atoms with Gasteiger partial charge in [0.25, 0.3) is 0 Å². The van der Waals surface area contributed by atoms with Gasteiger partial charge in [0.1, 0.15) is 0 Å². The molecule has 0 fully saturated rings. The molecule has 3 N–H and O–H groups in total. The van der Waals surface area contributed by atoms with E-state index in [1.807, 2.05) is 0 Å². The van der Waals surface area contributed by atoms with E-state index in [4.69, 9.17) is 10.8 Å². The summed E-state index contributed by atoms with van der Waals surface area (Å²) in [7, 11) is 1.72. The first-order valence-corrected chi connectivity index (χ1v) is 4.75. The van der Waals surface area contributed by atoms with Crippen molar-refractivity contribution in [2.24, 2.45) is 5.73 Å². The molecule has 1 aromatic rings. The van der Waals surface area contributed by atoms with Crippen molar-refractivity contribution in [2.75, 3.05) is 18.5 Å². The molecule has 16 heavy (non-hydrogen) atoms. The van der Waals surface area contributed by atoms with E-state index >= 15 is 0 Å². The van der Waals surface area contributed by atoms with Gasteiger partial charge in [-0.2, -0.15) is 0 Å². The van der Waals surface area contributed by atoms with Crippen LogP contribution in [0, 0.1) is 6.92 Å². The van der Waals surface area contributed by atoms with Crippen molar-refractivity contribution in [2.45, 2.75) is 6.92 Å². The molecular formula is C11H14N2O3. The molecule has 0 aromatic heterocycles. The maximum Gasteiger partial charge on any atom is 0.335 e. The molecular weight excluding hydrogens is 208 g/mol. The third-order valence-electron chi connectivity index (χ3n) is 2.27. The Morgan fingerprint density at radius 3 is 2.50 bits per heavy atom. The van der Waals surface area contributed by atoms with E-state index in [-0.39, 0.29) is 12.1 Å². The highest BCUT2D eigenvalue weighted by atomic mass is 16.4. The van der Waals surface area contributed by atoms with Gasteiger partial charge in [0.2, 0.25) is 5.91 Å². The SMILES string of the molecule is Cc1cc(N(C)CC(N)=O)ccc1C(=O)O. The molecule has 0 saturated heterocycles. The Hall–Kier alpha value is -2.04. The number of benzene rings is 1. The number of carbonyl (C=O) groups is 2. The number of hydrogen-bond donors (Lipinski definition) is 2. The average molecular weight is 222 g/mol. The van der Waals surface area contributed by atoms with Crippen molar-refractivity contribution in [3.05, 3.63) is 29.3 Å². The van der Waals surface area contributed by atoms with E-state index in [0.29, 0.717) is 5.56 Å². The smallest absolute Gasteiger partial charge is 0.335 e. The molecule has 0 saturated carbocycles. The first kappa shape index (κ1) is 12.0. The first-order chi connectivity index (χ1) is 7.41. The zero-order valence-electron chi connectivity index (χ0n) is 9.23. The minimum absolute atomic E-state index is 0.103. The van der Waals surface area contributed by atoms with E-state index in [9.17, 15) is 9.59 Å². The molecule has 1 amide bonds. The number of primary amides is 1. The molecule has 1 rings (SSSR count). The Bertz CT molecular complexity index is 429. The molecule has 0 unspecified atom stereocenters. The van der Waals surface area contributed by atoms with Gasteiger partial charge in [-0.3, -0.25) is 4.79 Å². The summed E-state index contributed by atoms with van der Waals surface area (Å²) in [5.41, 5.74) is 6.75. The van der Waals surface area contributed by atoms with Gasteiger partial charge in [-0.1, -0.05) is 0 Å². The standard InChI is InChI=1S/C11H14N2O3/c1-7-5-8(13(2)6-10(12)14)3-4-9(7)11(15)16/h3-5H,6H2,1-2H3,(H2,12,14)(H,15,16). The molecule has 86 valence electrons. The van der Waals surface area contributed by atoms with Gasteiger partial charge in [-0.25, -0.2) is 4.79 Å². The number of aromatic carboxylic acids is 1. The highest BCUT2D eigenvalue weighted by molar-refractivity contribution is 5.90. The maximum absolute atomic E-state index is 10.8. The molecule has 0 bridgehead atoms. The number of amides is 1. The summed E-state index contributed by atoms with van der Waals surface area (Å²) in [6.45, 7) is 1.82. The zero-order chi connectivity index (χ0) is 12.3. The summed E-state index contributed by atoms with van der Waals surface area (Å²) >= 11 is 0. The van der Waals surface area contributed by atoms with Crippen LogP contribution in [-0.2, 0) is 4.79 Å². The molecule has 0 aliphatic heterocycles. The normalized spacial score (nSPS) is 9.88. The van der Waals surface area contributed by atoms with E-state index in [0.717, 1.165) is 5.69 Å². The second kappa shape index (κ2) is 4.65. The van der Waals surface area contributed by atoms with Crippen LogP contribution in [0.25, 0.3) is 0 Å². The quantitative estimate of drug-likeness (QED) is 0.782. The number of rotatable bonds is 4. The third kappa shape index (κ3) is 2.73. The van der Waals surface area contributed by atoms with Crippen molar-refractivity contribution in [1.29, 1.82) is 0 Å². The average Bonchev–Trinajstić information content (AvgIpc) is 2.15. The van der Waals surface area contributed by atoms with Gasteiger partial charge >= 0.3 is 5.97 Å². The van der Waals surface area contributed by atoms with Crippen LogP contribution in [0.4, 0.5) is 5.69 Å². The number of anilines is 1. The van der Waals surface area contributed by atoms with Gasteiger partial charge < -0.3 is 15.7 Å². The second-order valence-electron chi connectivity index (χ2n) is 3.63. The Morgan fingerprint density at radius 1 is 1.44 bits per heavy atom. The van der Waals surface area contributed by atoms with Crippen LogP contribution in [0.5, 0.6) is 0 Å². The molecule has 5 nitrogen and oxygen atoms in total. The minimum atomic E-state index is -0.957. The van der Waals surface area contributed by atoms with E-state index in [2.05, 4.69) is 0 Å². The molecule has 0 heterocycles. The molecule has 0 aliphatic rings. The second-order valence-corrected chi connectivity index (χ2v) is 3.63. The van der Waals surface area contributed by atoms with Gasteiger partial charge in [-0.05, 0) is 30.7 Å². The number of nitrogens with zero attached hydrogens (tertiary/aromatic N) is 1. The summed E-state index contributed by atoms with van der Waals surface area (Å²) in [5, 5.41) is 8.85. The number of nitrogens with two attached hydrogens (primary N) is 1. The first-order valence-electron chi connectivity index (χ1n) is 4.75. The lowest BCUT2D eigenvalue weighted by Gasteiger charge is -2.18. The number of aryl methyl sites for hydroxylation is 1. The molecule has 0 aliphatic carbocycles. The van der Waals surface area contributed by atoms with Gasteiger partial charge in [-0.15, -0.1) is 0 Å². The molecule has 0 radical (unpaired) electrons. The fourth-order valence-electron chi connectivity index (χ4n) is 1.45. The zero-order valence-corrected chi connectivity index (χ0v) is 9.23. The summed E-state index contributed by atoms with van der Waals surface area (Å²) in [6.07, 6.45) is 0. The largest absolute Gasteiger partial charge is 0.478 e. The van der Waals surface area contributed by atoms with Crippen molar-refractivity contribution in [1.82, 2.24) is 0 Å². The van der Waals surface area contributed by atoms with Gasteiger partial charge in [0.15, 0.2) is 0 Å². The van der Waals surface area contributed by atoms with Crippen molar-refractivity contribution in [3.8, 4) is 0 Å². The van der Waals surface area contributed by atoms with Crippen LogP contribution < -0.4 is 10.6 Å². The lowest BCUT2D eigenvalue weighted by molar-refractivity contribution is -0.116. The molecule has 0 spiro atoms. The van der Waals surface area contributed by atoms with Crippen molar-refractivity contribution < 1.29 is 14.7 Å². The van der Waals surface area contributed by atoms with Crippen LogP contribution in [0.15, 0.2) is 18.2 Å². The van der Waals surface area contributed by atoms with Crippen molar-refractivity contribution >= 4 is 17.6 Å². The van der Waals surface area contributed by atoms with Crippen LogP contribution in [0.3, 0.4) is 0 Å². The summed E-state index contributed by atoms with van der Waals surface area (Å²) < 4.78 is 0. The number of carbonyl (C=O) groups excluding carboxylic acids is 1. The molecule has 5 heteroatoms. The van der Waals surface area contributed by atoms with E-state index in [1.54, 1.807) is 31.0 Å². The Labute approximate surface area is 93.5 Å². The Kier molecular flexibility index (Phi) is 3.50. The molecule has 0 atom stereocenters. The Balaban J connectivity index is 2.96. The lowest BCUT2D eigenvalue weighted by Crippen LogP contribution is -2.30. The monoisotopic (exact) mass is 222 g/mol. The number of carboxylic acid groups (broad SMARTS) is 1. The number of carboxylic acids is 1. The summed E-state index contributed by atoms with van der Waals surface area (Å²) in [5.74, 6) is -1.39. The van der Waals surface area contributed by atoms with Crippen LogP contribution in [-0.4, -0.2) is 30.6 Å². The summed E-state index contributed by atoms with van der Waals surface area (Å²) in [6, 6.07) is 4.89. The van der Waals surface area contributed by atoms with Gasteiger partial charge in [0, 0.05) is 12.7 Å². The van der Waals surface area contributed by atoms with Crippen LogP contribution in [0.1, 0.15) is 15.9 Å². The fraction of sp³-hybridized carbons (Fsp3) is 0.273. The van der Waals surface area contributed by atoms with Gasteiger partial charge in [0.05, 0.1) is 12.1 Å². The third-order valence-corrected chi connectivity index (χ3v) is 2.27.